The monoisotopic (exact) mass is 337 g/mol. The van der Waals surface area contributed by atoms with Crippen molar-refractivity contribution in [1.82, 2.24) is 15.1 Å². The molecule has 1 aromatic rings. The summed E-state index contributed by atoms with van der Waals surface area (Å²) in [6.07, 6.45) is 2.62. The van der Waals surface area contributed by atoms with Crippen LogP contribution >= 0.6 is 11.3 Å². The van der Waals surface area contributed by atoms with Gasteiger partial charge < -0.3 is 15.0 Å². The molecule has 2 rings (SSSR count). The van der Waals surface area contributed by atoms with E-state index in [4.69, 9.17) is 4.74 Å². The summed E-state index contributed by atoms with van der Waals surface area (Å²) in [5, 5.41) is 5.66. The summed E-state index contributed by atoms with van der Waals surface area (Å²) < 4.78 is 6.15. The van der Waals surface area contributed by atoms with E-state index < -0.39 is 0 Å². The lowest BCUT2D eigenvalue weighted by Crippen LogP contribution is -2.35. The van der Waals surface area contributed by atoms with E-state index in [1.165, 1.54) is 4.88 Å². The molecular formula is C18H31N3OS. The maximum Gasteiger partial charge on any atom is 0.112 e. The zero-order valence-electron chi connectivity index (χ0n) is 15.0. The molecule has 0 radical (unpaired) electrons. The van der Waals surface area contributed by atoms with Crippen molar-refractivity contribution in [2.45, 2.75) is 46.3 Å². The van der Waals surface area contributed by atoms with Gasteiger partial charge in [-0.15, -0.1) is 11.3 Å². The van der Waals surface area contributed by atoms with Gasteiger partial charge in [0.15, 0.2) is 0 Å². The number of nitrogens with one attached hydrogen (secondary N) is 1. The number of thiophene rings is 1. The largest absolute Gasteiger partial charge is 0.493 e. The minimum atomic E-state index is 0.372. The molecule has 1 aliphatic rings. The van der Waals surface area contributed by atoms with E-state index in [-0.39, 0.29) is 0 Å². The normalized spacial score (nSPS) is 18.1. The van der Waals surface area contributed by atoms with Gasteiger partial charge in [0.1, 0.15) is 11.9 Å². The number of rotatable bonds is 8. The van der Waals surface area contributed by atoms with E-state index in [9.17, 15) is 0 Å². The van der Waals surface area contributed by atoms with Gasteiger partial charge in [-0.3, -0.25) is 4.90 Å². The van der Waals surface area contributed by atoms with Gasteiger partial charge in [-0.25, -0.2) is 0 Å². The number of allylic oxidation sites excluding steroid dienone is 2. The maximum atomic E-state index is 6.15. The molecule has 0 spiro atoms. The fourth-order valence-electron chi connectivity index (χ4n) is 2.70. The number of hydrogen-bond donors (Lipinski definition) is 1. The molecule has 130 valence electrons. The van der Waals surface area contributed by atoms with Gasteiger partial charge in [-0.05, 0) is 51.7 Å². The third kappa shape index (κ3) is 6.16. The first-order valence-corrected chi connectivity index (χ1v) is 9.47. The quantitative estimate of drug-likeness (QED) is 0.580. The molecule has 1 aromatic heterocycles. The van der Waals surface area contributed by atoms with Crippen LogP contribution in [-0.2, 0) is 11.3 Å². The number of likely N-dealkylation sites (tertiary alicyclic amines) is 1. The van der Waals surface area contributed by atoms with Gasteiger partial charge in [0.05, 0.1) is 6.67 Å². The minimum Gasteiger partial charge on any atom is -0.493 e. The average molecular weight is 338 g/mol. The van der Waals surface area contributed by atoms with Crippen LogP contribution in [0.25, 0.3) is 0 Å². The molecule has 0 aromatic carbocycles. The molecule has 0 atom stereocenters. The van der Waals surface area contributed by atoms with Gasteiger partial charge in [0, 0.05) is 30.2 Å². The highest BCUT2D eigenvalue weighted by Crippen LogP contribution is 2.17. The molecule has 0 aliphatic carbocycles. The first kappa shape index (κ1) is 18.3. The number of hydrogen-bond acceptors (Lipinski definition) is 5. The Kier molecular flexibility index (Phi) is 7.40. The van der Waals surface area contributed by atoms with Crippen molar-refractivity contribution in [2.75, 3.05) is 33.4 Å². The molecule has 0 bridgehead atoms. The van der Waals surface area contributed by atoms with Gasteiger partial charge >= 0.3 is 0 Å². The van der Waals surface area contributed by atoms with Crippen molar-refractivity contribution in [3.8, 4) is 0 Å². The summed E-state index contributed by atoms with van der Waals surface area (Å²) in [5.41, 5.74) is 1.15. The SMILES string of the molecule is CCN(CN/C(C)=C(/C)OC1CCN(C)CC1)Cc1cccs1. The van der Waals surface area contributed by atoms with E-state index in [0.717, 1.165) is 57.1 Å². The van der Waals surface area contributed by atoms with Gasteiger partial charge in [0.2, 0.25) is 0 Å². The van der Waals surface area contributed by atoms with E-state index in [0.29, 0.717) is 6.10 Å². The molecule has 5 heteroatoms. The molecule has 0 saturated carbocycles. The number of ether oxygens (including phenoxy) is 1. The molecule has 2 heterocycles. The molecule has 1 N–H and O–H groups in total. The van der Waals surface area contributed by atoms with Crippen LogP contribution in [0.2, 0.25) is 0 Å². The van der Waals surface area contributed by atoms with Crippen LogP contribution in [0.1, 0.15) is 38.5 Å². The lowest BCUT2D eigenvalue weighted by atomic mass is 10.1. The molecular weight excluding hydrogens is 306 g/mol. The second kappa shape index (κ2) is 9.30. The number of piperidine rings is 1. The van der Waals surface area contributed by atoms with E-state index >= 15 is 0 Å². The smallest absolute Gasteiger partial charge is 0.112 e. The summed E-state index contributed by atoms with van der Waals surface area (Å²) in [6.45, 7) is 11.6. The van der Waals surface area contributed by atoms with Crippen molar-refractivity contribution in [3.63, 3.8) is 0 Å². The fourth-order valence-corrected chi connectivity index (χ4v) is 3.44. The first-order chi connectivity index (χ1) is 11.1. The predicted molar refractivity (Wildman–Crippen MR) is 98.4 cm³/mol. The van der Waals surface area contributed by atoms with Crippen LogP contribution in [0.5, 0.6) is 0 Å². The lowest BCUT2D eigenvalue weighted by Gasteiger charge is -2.30. The molecule has 0 amide bonds. The highest BCUT2D eigenvalue weighted by atomic mass is 32.1. The molecule has 4 nitrogen and oxygen atoms in total. The summed E-state index contributed by atoms with van der Waals surface area (Å²) in [5.74, 6) is 1.03. The van der Waals surface area contributed by atoms with E-state index in [1.54, 1.807) is 0 Å². The van der Waals surface area contributed by atoms with Crippen LogP contribution < -0.4 is 5.32 Å². The standard InChI is InChI=1S/C18H31N3OS/c1-5-21(13-18-7-6-12-23-18)14-19-15(2)16(3)22-17-8-10-20(4)11-9-17/h6-7,12,17,19H,5,8-11,13-14H2,1-4H3/b16-15-. The minimum absolute atomic E-state index is 0.372. The molecule has 1 fully saturated rings. The Hall–Kier alpha value is -1.04. The van der Waals surface area contributed by atoms with E-state index in [1.807, 2.05) is 11.3 Å². The third-order valence-electron chi connectivity index (χ3n) is 4.51. The summed E-state index contributed by atoms with van der Waals surface area (Å²) in [7, 11) is 2.18. The first-order valence-electron chi connectivity index (χ1n) is 8.59. The Labute approximate surface area is 145 Å². The van der Waals surface area contributed by atoms with Gasteiger partial charge in [0.25, 0.3) is 0 Å². The van der Waals surface area contributed by atoms with E-state index in [2.05, 4.69) is 60.4 Å². The number of nitrogens with zero attached hydrogens (tertiary/aromatic N) is 2. The Morgan fingerprint density at radius 3 is 2.74 bits per heavy atom. The summed E-state index contributed by atoms with van der Waals surface area (Å²) in [4.78, 5) is 6.18. The highest BCUT2D eigenvalue weighted by Gasteiger charge is 2.18. The molecule has 1 saturated heterocycles. The van der Waals surface area contributed by atoms with Crippen molar-refractivity contribution < 1.29 is 4.74 Å². The lowest BCUT2D eigenvalue weighted by molar-refractivity contribution is 0.0564. The Morgan fingerprint density at radius 2 is 2.13 bits per heavy atom. The highest BCUT2D eigenvalue weighted by molar-refractivity contribution is 7.09. The molecule has 0 unspecified atom stereocenters. The van der Waals surface area contributed by atoms with Gasteiger partial charge in [-0.2, -0.15) is 0 Å². The third-order valence-corrected chi connectivity index (χ3v) is 5.37. The predicted octanol–water partition coefficient (Wildman–Crippen LogP) is 3.48. The Balaban J connectivity index is 1.77. The second-order valence-corrected chi connectivity index (χ2v) is 7.39. The zero-order chi connectivity index (χ0) is 16.7. The molecule has 1 aliphatic heterocycles. The van der Waals surface area contributed by atoms with Crippen LogP contribution in [0, 0.1) is 0 Å². The second-order valence-electron chi connectivity index (χ2n) is 6.36. The van der Waals surface area contributed by atoms with Crippen LogP contribution in [-0.4, -0.2) is 49.3 Å². The average Bonchev–Trinajstić information content (AvgIpc) is 3.06. The fraction of sp³-hybridized carbons (Fsp3) is 0.667. The summed E-state index contributed by atoms with van der Waals surface area (Å²) >= 11 is 1.82. The summed E-state index contributed by atoms with van der Waals surface area (Å²) in [6, 6.07) is 4.32. The van der Waals surface area contributed by atoms with Crippen LogP contribution in [0.4, 0.5) is 0 Å². The Bertz CT molecular complexity index is 478. The zero-order valence-corrected chi connectivity index (χ0v) is 15.8. The van der Waals surface area contributed by atoms with Crippen molar-refractivity contribution in [1.29, 1.82) is 0 Å². The van der Waals surface area contributed by atoms with Gasteiger partial charge in [-0.1, -0.05) is 13.0 Å². The van der Waals surface area contributed by atoms with Crippen molar-refractivity contribution in [2.24, 2.45) is 0 Å². The topological polar surface area (TPSA) is 27.7 Å². The van der Waals surface area contributed by atoms with Crippen molar-refractivity contribution >= 4 is 11.3 Å². The van der Waals surface area contributed by atoms with Crippen LogP contribution in [0.3, 0.4) is 0 Å². The van der Waals surface area contributed by atoms with Crippen LogP contribution in [0.15, 0.2) is 29.0 Å². The Morgan fingerprint density at radius 1 is 1.39 bits per heavy atom. The van der Waals surface area contributed by atoms with Crippen molar-refractivity contribution in [3.05, 3.63) is 33.8 Å². The molecule has 23 heavy (non-hydrogen) atoms. The maximum absolute atomic E-state index is 6.15.